The minimum atomic E-state index is -1.25. The number of nitrogens with one attached hydrogen (secondary N) is 1. The molecule has 2 N–H and O–H groups in total. The summed E-state index contributed by atoms with van der Waals surface area (Å²) in [4.78, 5) is 28.6. The molecule has 0 aliphatic carbocycles. The van der Waals surface area contributed by atoms with Gasteiger partial charge in [-0.3, -0.25) is 4.79 Å². The number of carboxylic acid groups (broad SMARTS) is 1. The van der Waals surface area contributed by atoms with Crippen LogP contribution in [0.25, 0.3) is 11.1 Å². The molecule has 2 rings (SSSR count). The van der Waals surface area contributed by atoms with Gasteiger partial charge in [0.25, 0.3) is 0 Å². The van der Waals surface area contributed by atoms with Crippen molar-refractivity contribution in [1.29, 1.82) is 0 Å². The van der Waals surface area contributed by atoms with E-state index in [9.17, 15) is 14.0 Å². The van der Waals surface area contributed by atoms with E-state index in [0.29, 0.717) is 17.5 Å². The van der Waals surface area contributed by atoms with Crippen LogP contribution in [0.15, 0.2) is 24.5 Å². The Balaban J connectivity index is 2.50. The number of carbonyl (C=O) groups excluding carboxylic acids is 1. The van der Waals surface area contributed by atoms with Gasteiger partial charge in [-0.15, -0.1) is 0 Å². The lowest BCUT2D eigenvalue weighted by atomic mass is 10.0. The Morgan fingerprint density at radius 3 is 2.64 bits per heavy atom. The third kappa shape index (κ3) is 3.00. The second-order valence-corrected chi connectivity index (χ2v) is 4.21. The number of hydrogen-bond donors (Lipinski definition) is 2. The lowest BCUT2D eigenvalue weighted by molar-refractivity contribution is -0.109. The van der Waals surface area contributed by atoms with Crippen molar-refractivity contribution < 1.29 is 23.8 Å². The maximum Gasteiger partial charge on any atom is 0.373 e. The zero-order chi connectivity index (χ0) is 16.1. The van der Waals surface area contributed by atoms with Crippen LogP contribution in [0, 0.1) is 5.82 Å². The first-order valence-electron chi connectivity index (χ1n) is 6.16. The average Bonchev–Trinajstić information content (AvgIpc) is 2.53. The summed E-state index contributed by atoms with van der Waals surface area (Å²) in [5, 5.41) is 11.2. The molecule has 7 nitrogen and oxygen atoms in total. The lowest BCUT2D eigenvalue weighted by Crippen LogP contribution is -2.13. The Morgan fingerprint density at radius 1 is 1.41 bits per heavy atom. The third-order valence-corrected chi connectivity index (χ3v) is 2.94. The van der Waals surface area contributed by atoms with E-state index in [1.807, 2.05) is 0 Å². The molecule has 8 heteroatoms. The number of carbonyl (C=O) groups is 2. The van der Waals surface area contributed by atoms with Crippen LogP contribution >= 0.6 is 0 Å². The number of rotatable bonds is 6. The molecule has 0 saturated heterocycles. The highest BCUT2D eigenvalue weighted by molar-refractivity contribution is 5.83. The van der Waals surface area contributed by atoms with Crippen LogP contribution in [0.1, 0.15) is 16.2 Å². The fourth-order valence-electron chi connectivity index (χ4n) is 1.92. The SMILES string of the molecule is COc1ccc(-c2cnc(C(=O)O)nc2)c(CNC=O)c1F. The Labute approximate surface area is 124 Å². The van der Waals surface area contributed by atoms with Crippen molar-refractivity contribution in [3.05, 3.63) is 41.7 Å². The van der Waals surface area contributed by atoms with Gasteiger partial charge < -0.3 is 15.2 Å². The van der Waals surface area contributed by atoms with Crippen molar-refractivity contribution in [1.82, 2.24) is 15.3 Å². The number of ether oxygens (including phenoxy) is 1. The van der Waals surface area contributed by atoms with E-state index in [1.54, 1.807) is 6.07 Å². The fraction of sp³-hybridized carbons (Fsp3) is 0.143. The number of halogens is 1. The van der Waals surface area contributed by atoms with E-state index in [-0.39, 0.29) is 23.7 Å². The number of aromatic carboxylic acids is 1. The van der Waals surface area contributed by atoms with Gasteiger partial charge in [0.1, 0.15) is 0 Å². The summed E-state index contributed by atoms with van der Waals surface area (Å²) in [6.07, 6.45) is 3.01. The third-order valence-electron chi connectivity index (χ3n) is 2.94. The largest absolute Gasteiger partial charge is 0.494 e. The average molecular weight is 305 g/mol. The van der Waals surface area contributed by atoms with E-state index < -0.39 is 11.8 Å². The van der Waals surface area contributed by atoms with Gasteiger partial charge in [0.15, 0.2) is 11.6 Å². The monoisotopic (exact) mass is 305 g/mol. The zero-order valence-electron chi connectivity index (χ0n) is 11.5. The molecule has 0 bridgehead atoms. The van der Waals surface area contributed by atoms with Crippen LogP contribution in [-0.4, -0.2) is 34.6 Å². The smallest absolute Gasteiger partial charge is 0.373 e. The highest BCUT2D eigenvalue weighted by Gasteiger charge is 2.16. The maximum atomic E-state index is 14.3. The Kier molecular flexibility index (Phi) is 4.62. The first-order chi connectivity index (χ1) is 10.6. The van der Waals surface area contributed by atoms with Crippen molar-refractivity contribution in [3.63, 3.8) is 0 Å². The molecule has 0 radical (unpaired) electrons. The second-order valence-electron chi connectivity index (χ2n) is 4.21. The number of methoxy groups -OCH3 is 1. The highest BCUT2D eigenvalue weighted by atomic mass is 19.1. The molecule has 0 aliphatic rings. The summed E-state index contributed by atoms with van der Waals surface area (Å²) >= 11 is 0. The molecule has 0 unspecified atom stereocenters. The molecule has 0 aliphatic heterocycles. The molecule has 114 valence electrons. The Hall–Kier alpha value is -3.03. The highest BCUT2D eigenvalue weighted by Crippen LogP contribution is 2.30. The number of carboxylic acids is 1. The van der Waals surface area contributed by atoms with Gasteiger partial charge >= 0.3 is 5.97 Å². The number of aromatic nitrogens is 2. The number of benzene rings is 1. The molecule has 1 amide bonds. The molecular formula is C14H12FN3O4. The molecule has 2 aromatic rings. The topological polar surface area (TPSA) is 101 Å². The van der Waals surface area contributed by atoms with E-state index in [4.69, 9.17) is 9.84 Å². The van der Waals surface area contributed by atoms with E-state index >= 15 is 0 Å². The standard InChI is InChI=1S/C14H12FN3O4/c1-22-11-3-2-9(10(12(11)15)6-16-7-19)8-4-17-13(14(20)21)18-5-8/h2-5,7H,6H2,1H3,(H,16,19)(H,20,21). The minimum absolute atomic E-state index is 0.0366. The second kappa shape index (κ2) is 6.61. The summed E-state index contributed by atoms with van der Waals surface area (Å²) in [6, 6.07) is 3.02. The first-order valence-corrected chi connectivity index (χ1v) is 6.16. The van der Waals surface area contributed by atoms with Crippen molar-refractivity contribution in [3.8, 4) is 16.9 Å². The molecule has 1 heterocycles. The van der Waals surface area contributed by atoms with Gasteiger partial charge in [-0.05, 0) is 11.6 Å². The van der Waals surface area contributed by atoms with Crippen molar-refractivity contribution in [2.24, 2.45) is 0 Å². The molecule has 1 aromatic heterocycles. The number of nitrogens with zero attached hydrogens (tertiary/aromatic N) is 2. The molecular weight excluding hydrogens is 293 g/mol. The fourth-order valence-corrected chi connectivity index (χ4v) is 1.92. The van der Waals surface area contributed by atoms with Gasteiger partial charge in [0.05, 0.1) is 7.11 Å². The van der Waals surface area contributed by atoms with Gasteiger partial charge in [-0.2, -0.15) is 0 Å². The van der Waals surface area contributed by atoms with Crippen LogP contribution in [0.4, 0.5) is 4.39 Å². The minimum Gasteiger partial charge on any atom is -0.494 e. The Bertz CT molecular complexity index is 704. The maximum absolute atomic E-state index is 14.3. The zero-order valence-corrected chi connectivity index (χ0v) is 11.5. The molecule has 0 saturated carbocycles. The lowest BCUT2D eigenvalue weighted by Gasteiger charge is -2.13. The number of hydrogen-bond acceptors (Lipinski definition) is 5. The Morgan fingerprint density at radius 2 is 2.09 bits per heavy atom. The van der Waals surface area contributed by atoms with Crippen molar-refractivity contribution >= 4 is 12.4 Å². The molecule has 0 atom stereocenters. The molecule has 0 spiro atoms. The van der Waals surface area contributed by atoms with E-state index in [1.165, 1.54) is 25.6 Å². The molecule has 0 fully saturated rings. The number of amides is 1. The summed E-state index contributed by atoms with van der Waals surface area (Å²) in [5.74, 6) is -2.19. The van der Waals surface area contributed by atoms with Crippen LogP contribution in [0.5, 0.6) is 5.75 Å². The van der Waals surface area contributed by atoms with Crippen LogP contribution < -0.4 is 10.1 Å². The van der Waals surface area contributed by atoms with Gasteiger partial charge in [0.2, 0.25) is 12.2 Å². The van der Waals surface area contributed by atoms with Crippen LogP contribution in [0.2, 0.25) is 0 Å². The summed E-state index contributed by atoms with van der Waals surface area (Å²) in [5.41, 5.74) is 1.05. The predicted octanol–water partition coefficient (Wildman–Crippen LogP) is 1.24. The summed E-state index contributed by atoms with van der Waals surface area (Å²) in [7, 11) is 1.33. The summed E-state index contributed by atoms with van der Waals surface area (Å²) < 4.78 is 19.2. The van der Waals surface area contributed by atoms with Gasteiger partial charge in [0, 0.05) is 30.1 Å². The van der Waals surface area contributed by atoms with E-state index in [2.05, 4.69) is 15.3 Å². The quantitative estimate of drug-likeness (QED) is 0.778. The van der Waals surface area contributed by atoms with Crippen molar-refractivity contribution in [2.75, 3.05) is 7.11 Å². The first kappa shape index (κ1) is 15.4. The molecule has 1 aromatic carbocycles. The van der Waals surface area contributed by atoms with Gasteiger partial charge in [-0.1, -0.05) is 6.07 Å². The summed E-state index contributed by atoms with van der Waals surface area (Å²) in [6.45, 7) is -0.0530. The van der Waals surface area contributed by atoms with Crippen LogP contribution in [0.3, 0.4) is 0 Å². The van der Waals surface area contributed by atoms with Gasteiger partial charge in [-0.25, -0.2) is 19.2 Å². The predicted molar refractivity (Wildman–Crippen MR) is 73.8 cm³/mol. The van der Waals surface area contributed by atoms with Crippen LogP contribution in [-0.2, 0) is 11.3 Å². The molecule has 22 heavy (non-hydrogen) atoms. The van der Waals surface area contributed by atoms with Crippen molar-refractivity contribution in [2.45, 2.75) is 6.54 Å². The normalized spacial score (nSPS) is 10.1. The van der Waals surface area contributed by atoms with E-state index in [0.717, 1.165) is 0 Å².